The molecule has 2 heterocycles. The van der Waals surface area contributed by atoms with E-state index >= 15 is 0 Å². The lowest BCUT2D eigenvalue weighted by atomic mass is 10.2. The van der Waals surface area contributed by atoms with E-state index in [1.165, 1.54) is 11.3 Å². The average molecular weight is 575 g/mol. The number of hydrogen-bond acceptors (Lipinski definition) is 6. The minimum Gasteiger partial charge on any atom is -0.497 e. The molecule has 0 saturated carbocycles. The van der Waals surface area contributed by atoms with Crippen LogP contribution >= 0.6 is 34.5 Å². The number of thiazole rings is 1. The van der Waals surface area contributed by atoms with Crippen molar-refractivity contribution in [1.82, 2.24) is 14.9 Å². The first-order chi connectivity index (χ1) is 18.4. The molecule has 0 aliphatic carbocycles. The molecule has 0 atom stereocenters. The Hall–Kier alpha value is -3.04. The van der Waals surface area contributed by atoms with Crippen LogP contribution in [0.4, 0.5) is 0 Å². The molecule has 0 unspecified atom stereocenters. The summed E-state index contributed by atoms with van der Waals surface area (Å²) in [5.74, 6) is 1.25. The summed E-state index contributed by atoms with van der Waals surface area (Å²) < 4.78 is 18.4. The SMILES string of the molecule is COCCCNC(=O)c1cc(-c2csc(COc3cc(Cl)cc(Cl)c3)n2)n(Cc2ccc(OC)cc2)c1C. The summed E-state index contributed by atoms with van der Waals surface area (Å²) in [6.45, 7) is 3.93. The number of halogens is 2. The fraction of sp³-hybridized carbons (Fsp3) is 0.286. The number of hydrogen-bond donors (Lipinski definition) is 1. The molecule has 0 saturated heterocycles. The Bertz CT molecular complexity index is 1370. The number of aromatic nitrogens is 2. The van der Waals surface area contributed by atoms with Gasteiger partial charge in [-0.3, -0.25) is 4.79 Å². The van der Waals surface area contributed by atoms with Gasteiger partial charge in [-0.1, -0.05) is 35.3 Å². The first-order valence-corrected chi connectivity index (χ1v) is 13.7. The number of nitrogens with one attached hydrogen (secondary N) is 1. The van der Waals surface area contributed by atoms with Crippen molar-refractivity contribution < 1.29 is 19.0 Å². The lowest BCUT2D eigenvalue weighted by molar-refractivity contribution is 0.0948. The molecular weight excluding hydrogens is 545 g/mol. The molecular formula is C28H29Cl2N3O4S. The highest BCUT2D eigenvalue weighted by Crippen LogP contribution is 2.30. The van der Waals surface area contributed by atoms with Crippen LogP contribution in [0.5, 0.6) is 11.5 Å². The number of carbonyl (C=O) groups excluding carboxylic acids is 1. The maximum absolute atomic E-state index is 13.0. The third-order valence-electron chi connectivity index (χ3n) is 5.93. The molecule has 4 rings (SSSR count). The lowest BCUT2D eigenvalue weighted by Gasteiger charge is -2.12. The zero-order valence-electron chi connectivity index (χ0n) is 21.4. The van der Waals surface area contributed by atoms with Crippen LogP contribution in [-0.4, -0.2) is 42.8 Å². The van der Waals surface area contributed by atoms with Crippen molar-refractivity contribution in [1.29, 1.82) is 0 Å². The highest BCUT2D eigenvalue weighted by Gasteiger charge is 2.20. The van der Waals surface area contributed by atoms with Gasteiger partial charge in [-0.25, -0.2) is 4.98 Å². The van der Waals surface area contributed by atoms with Gasteiger partial charge < -0.3 is 24.1 Å². The van der Waals surface area contributed by atoms with E-state index in [-0.39, 0.29) is 12.5 Å². The zero-order valence-corrected chi connectivity index (χ0v) is 23.8. The van der Waals surface area contributed by atoms with Crippen molar-refractivity contribution >= 4 is 40.4 Å². The van der Waals surface area contributed by atoms with Gasteiger partial charge in [0.2, 0.25) is 0 Å². The fourth-order valence-corrected chi connectivity index (χ4v) is 5.18. The van der Waals surface area contributed by atoms with E-state index in [9.17, 15) is 4.79 Å². The number of rotatable bonds is 12. The van der Waals surface area contributed by atoms with Gasteiger partial charge in [0.1, 0.15) is 23.1 Å². The van der Waals surface area contributed by atoms with Crippen LogP contribution in [0.25, 0.3) is 11.4 Å². The van der Waals surface area contributed by atoms with Crippen molar-refractivity contribution in [2.75, 3.05) is 27.4 Å². The van der Waals surface area contributed by atoms with Crippen molar-refractivity contribution in [2.45, 2.75) is 26.5 Å². The molecule has 1 amide bonds. The Morgan fingerprint density at radius 3 is 2.47 bits per heavy atom. The van der Waals surface area contributed by atoms with Crippen LogP contribution < -0.4 is 14.8 Å². The smallest absolute Gasteiger partial charge is 0.253 e. The molecule has 1 N–H and O–H groups in total. The van der Waals surface area contributed by atoms with Crippen molar-refractivity contribution in [2.24, 2.45) is 0 Å². The number of amides is 1. The third-order valence-corrected chi connectivity index (χ3v) is 7.19. The van der Waals surface area contributed by atoms with Gasteiger partial charge in [0.05, 0.1) is 24.1 Å². The molecule has 0 fully saturated rings. The summed E-state index contributed by atoms with van der Waals surface area (Å²) in [5, 5.41) is 6.77. The average Bonchev–Trinajstić information content (AvgIpc) is 3.50. The molecule has 38 heavy (non-hydrogen) atoms. The van der Waals surface area contributed by atoms with Crippen molar-refractivity contribution in [3.63, 3.8) is 0 Å². The molecule has 0 aliphatic rings. The summed E-state index contributed by atoms with van der Waals surface area (Å²) in [7, 11) is 3.29. The van der Waals surface area contributed by atoms with Gasteiger partial charge in [0.25, 0.3) is 5.91 Å². The van der Waals surface area contributed by atoms with Gasteiger partial charge in [0.15, 0.2) is 0 Å². The molecule has 200 valence electrons. The Morgan fingerprint density at radius 2 is 1.79 bits per heavy atom. The van der Waals surface area contributed by atoms with Crippen LogP contribution in [0.15, 0.2) is 53.9 Å². The number of methoxy groups -OCH3 is 2. The minimum atomic E-state index is -0.120. The quantitative estimate of drug-likeness (QED) is 0.192. The van der Waals surface area contributed by atoms with Gasteiger partial charge in [-0.2, -0.15) is 0 Å². The van der Waals surface area contributed by atoms with E-state index in [0.717, 1.165) is 39.8 Å². The number of carbonyl (C=O) groups is 1. The Labute approximate surface area is 236 Å². The van der Waals surface area contributed by atoms with Crippen LogP contribution in [0.3, 0.4) is 0 Å². The van der Waals surface area contributed by atoms with Crippen molar-refractivity contribution in [3.8, 4) is 22.9 Å². The Balaban J connectivity index is 1.59. The first kappa shape index (κ1) is 28.0. The second-order valence-corrected chi connectivity index (χ2v) is 10.4. The second kappa shape index (κ2) is 13.2. The van der Waals surface area contributed by atoms with Crippen LogP contribution in [-0.2, 0) is 17.9 Å². The summed E-state index contributed by atoms with van der Waals surface area (Å²) >= 11 is 13.7. The Kier molecular flexibility index (Phi) is 9.69. The molecule has 2 aromatic carbocycles. The summed E-state index contributed by atoms with van der Waals surface area (Å²) in [4.78, 5) is 17.8. The summed E-state index contributed by atoms with van der Waals surface area (Å²) in [6, 6.07) is 14.9. The maximum Gasteiger partial charge on any atom is 0.253 e. The molecule has 7 nitrogen and oxygen atoms in total. The summed E-state index contributed by atoms with van der Waals surface area (Å²) in [6.07, 6.45) is 0.744. The normalized spacial score (nSPS) is 11.0. The van der Waals surface area contributed by atoms with Crippen molar-refractivity contribution in [3.05, 3.63) is 85.8 Å². The van der Waals surface area contributed by atoms with Gasteiger partial charge >= 0.3 is 0 Å². The summed E-state index contributed by atoms with van der Waals surface area (Å²) in [5.41, 5.74) is 4.18. The van der Waals surface area contributed by atoms with E-state index < -0.39 is 0 Å². The van der Waals surface area contributed by atoms with Crippen LogP contribution in [0.1, 0.15) is 33.0 Å². The largest absolute Gasteiger partial charge is 0.497 e. The first-order valence-electron chi connectivity index (χ1n) is 12.0. The highest BCUT2D eigenvalue weighted by molar-refractivity contribution is 7.09. The minimum absolute atomic E-state index is 0.120. The second-order valence-electron chi connectivity index (χ2n) is 8.59. The van der Waals surface area contributed by atoms with E-state index in [4.69, 9.17) is 42.4 Å². The predicted molar refractivity (Wildman–Crippen MR) is 152 cm³/mol. The van der Waals surface area contributed by atoms with Crippen LogP contribution in [0.2, 0.25) is 10.0 Å². The predicted octanol–water partition coefficient (Wildman–Crippen LogP) is 6.63. The van der Waals surface area contributed by atoms with Gasteiger partial charge in [-0.05, 0) is 55.3 Å². The molecule has 2 aromatic heterocycles. The van der Waals surface area contributed by atoms with E-state index in [2.05, 4.69) is 9.88 Å². The highest BCUT2D eigenvalue weighted by atomic mass is 35.5. The molecule has 0 aliphatic heterocycles. The van der Waals surface area contributed by atoms with E-state index in [1.54, 1.807) is 32.4 Å². The number of nitrogens with zero attached hydrogens (tertiary/aromatic N) is 2. The Morgan fingerprint density at radius 1 is 1.05 bits per heavy atom. The molecule has 4 aromatic rings. The molecule has 0 spiro atoms. The zero-order chi connectivity index (χ0) is 27.1. The maximum atomic E-state index is 13.0. The van der Waals surface area contributed by atoms with E-state index in [1.807, 2.05) is 42.6 Å². The number of ether oxygens (including phenoxy) is 3. The monoisotopic (exact) mass is 573 g/mol. The topological polar surface area (TPSA) is 74.6 Å². The lowest BCUT2D eigenvalue weighted by Crippen LogP contribution is -2.25. The standard InChI is InChI=1S/C28H29Cl2N3O4S/c1-18-24(28(34)31-9-4-10-35-2)14-26(33(18)15-19-5-7-22(36-3)8-6-19)25-17-38-27(32-25)16-37-23-12-20(29)11-21(30)13-23/h5-8,11-14,17H,4,9-10,15-16H2,1-3H3,(H,31,34). The van der Waals surface area contributed by atoms with Gasteiger partial charge in [-0.15, -0.1) is 11.3 Å². The molecule has 10 heteroatoms. The van der Waals surface area contributed by atoms with Gasteiger partial charge in [0, 0.05) is 47.9 Å². The van der Waals surface area contributed by atoms with Crippen LogP contribution in [0, 0.1) is 6.92 Å². The molecule has 0 radical (unpaired) electrons. The third kappa shape index (κ3) is 7.08. The number of benzene rings is 2. The molecule has 0 bridgehead atoms. The van der Waals surface area contributed by atoms with E-state index in [0.29, 0.717) is 41.1 Å². The fourth-order valence-electron chi connectivity index (χ4n) is 3.97.